The van der Waals surface area contributed by atoms with Crippen LogP contribution in [0.4, 0.5) is 0 Å². The molecule has 1 rings (SSSR count). The van der Waals surface area contributed by atoms with Gasteiger partial charge in [-0.05, 0) is 34.1 Å². The first-order valence-corrected chi connectivity index (χ1v) is 7.48. The average Bonchev–Trinajstić information content (AvgIpc) is 2.35. The second-order valence-corrected chi connectivity index (χ2v) is 6.62. The first-order chi connectivity index (χ1) is 10.0. The van der Waals surface area contributed by atoms with Gasteiger partial charge in [0.2, 0.25) is 0 Å². The van der Waals surface area contributed by atoms with Crippen molar-refractivity contribution in [2.75, 3.05) is 7.11 Å². The molecule has 4 nitrogen and oxygen atoms in total. The second kappa shape index (κ2) is 6.61. The summed E-state index contributed by atoms with van der Waals surface area (Å²) in [6, 6.07) is 0. The van der Waals surface area contributed by atoms with Crippen LogP contribution in [-0.2, 0) is 5.41 Å². The van der Waals surface area contributed by atoms with E-state index in [4.69, 9.17) is 4.74 Å². The molecule has 1 unspecified atom stereocenters. The van der Waals surface area contributed by atoms with Gasteiger partial charge >= 0.3 is 0 Å². The molecule has 1 aromatic carbocycles. The Hall–Kier alpha value is -1.68. The van der Waals surface area contributed by atoms with Crippen LogP contribution in [0, 0.1) is 13.8 Å². The zero-order valence-electron chi connectivity index (χ0n) is 14.6. The minimum Gasteiger partial charge on any atom is -0.507 e. The minimum absolute atomic E-state index is 0.0578. The molecule has 0 aromatic heterocycles. The Morgan fingerprint density at radius 3 is 2.18 bits per heavy atom. The molecule has 0 spiro atoms. The van der Waals surface area contributed by atoms with Crippen LogP contribution in [0.1, 0.15) is 50.8 Å². The Morgan fingerprint density at radius 1 is 1.18 bits per heavy atom. The van der Waals surface area contributed by atoms with Crippen molar-refractivity contribution in [2.45, 2.75) is 59.5 Å². The Labute approximate surface area is 133 Å². The van der Waals surface area contributed by atoms with Crippen LogP contribution >= 0.6 is 0 Å². The van der Waals surface area contributed by atoms with E-state index >= 15 is 0 Å². The number of aromatic hydroxyl groups is 2. The van der Waals surface area contributed by atoms with E-state index in [9.17, 15) is 15.3 Å². The standard InChI is InChI=1S/C18H28O4/c1-10(8-11(2)19)9-18(5,6)14-12(3)16(21)17(22-7)13(4)15(14)20/h9,11,19-21H,8H2,1-7H3/b10-9+. The van der Waals surface area contributed by atoms with Gasteiger partial charge in [-0.2, -0.15) is 0 Å². The molecule has 124 valence electrons. The maximum absolute atomic E-state index is 10.6. The van der Waals surface area contributed by atoms with Crippen LogP contribution < -0.4 is 4.74 Å². The highest BCUT2D eigenvalue weighted by Crippen LogP contribution is 2.47. The molecular formula is C18H28O4. The molecule has 1 aromatic rings. The van der Waals surface area contributed by atoms with Crippen LogP contribution in [0.25, 0.3) is 0 Å². The number of ether oxygens (including phenoxy) is 1. The number of hydrogen-bond acceptors (Lipinski definition) is 4. The van der Waals surface area contributed by atoms with E-state index in [-0.39, 0.29) is 11.5 Å². The first-order valence-electron chi connectivity index (χ1n) is 7.48. The molecule has 0 heterocycles. The number of phenolic OH excluding ortho intramolecular Hbond substituents is 2. The van der Waals surface area contributed by atoms with E-state index in [1.54, 1.807) is 20.8 Å². The van der Waals surface area contributed by atoms with Crippen molar-refractivity contribution in [3.8, 4) is 17.2 Å². The summed E-state index contributed by atoms with van der Waals surface area (Å²) in [6.07, 6.45) is 2.19. The van der Waals surface area contributed by atoms with Crippen LogP contribution in [0.5, 0.6) is 17.2 Å². The molecule has 22 heavy (non-hydrogen) atoms. The van der Waals surface area contributed by atoms with Gasteiger partial charge in [0.15, 0.2) is 11.5 Å². The fourth-order valence-electron chi connectivity index (χ4n) is 3.19. The Balaban J connectivity index is 3.49. The van der Waals surface area contributed by atoms with Gasteiger partial charge in [-0.15, -0.1) is 0 Å². The molecule has 3 N–H and O–H groups in total. The summed E-state index contributed by atoms with van der Waals surface area (Å²) >= 11 is 0. The van der Waals surface area contributed by atoms with E-state index in [2.05, 4.69) is 0 Å². The van der Waals surface area contributed by atoms with Crippen LogP contribution in [-0.4, -0.2) is 28.5 Å². The van der Waals surface area contributed by atoms with Gasteiger partial charge in [0.25, 0.3) is 0 Å². The molecule has 0 saturated heterocycles. The monoisotopic (exact) mass is 308 g/mol. The maximum atomic E-state index is 10.6. The normalized spacial score (nSPS) is 14.1. The largest absolute Gasteiger partial charge is 0.507 e. The predicted octanol–water partition coefficient (Wildman–Crippen LogP) is 3.72. The van der Waals surface area contributed by atoms with Gasteiger partial charge in [-0.25, -0.2) is 0 Å². The molecule has 0 bridgehead atoms. The molecule has 0 fully saturated rings. The molecule has 4 heteroatoms. The van der Waals surface area contributed by atoms with E-state index < -0.39 is 11.5 Å². The molecule has 0 aliphatic carbocycles. The SMILES string of the molecule is COc1c(C)c(O)c(C(C)(C)/C=C(\C)CC(C)O)c(C)c1O. The van der Waals surface area contributed by atoms with Gasteiger partial charge < -0.3 is 20.1 Å². The van der Waals surface area contributed by atoms with Gasteiger partial charge in [-0.1, -0.05) is 25.5 Å². The third-order valence-corrected chi connectivity index (χ3v) is 3.95. The topological polar surface area (TPSA) is 69.9 Å². The number of phenols is 2. The molecular weight excluding hydrogens is 280 g/mol. The van der Waals surface area contributed by atoms with Crippen molar-refractivity contribution in [1.82, 2.24) is 0 Å². The van der Waals surface area contributed by atoms with Crippen molar-refractivity contribution < 1.29 is 20.1 Å². The number of aliphatic hydroxyl groups is 1. The van der Waals surface area contributed by atoms with Crippen molar-refractivity contribution >= 4 is 0 Å². The average molecular weight is 308 g/mol. The smallest absolute Gasteiger partial charge is 0.167 e. The quantitative estimate of drug-likeness (QED) is 0.573. The number of methoxy groups -OCH3 is 1. The summed E-state index contributed by atoms with van der Waals surface area (Å²) in [4.78, 5) is 0. The van der Waals surface area contributed by atoms with Gasteiger partial charge in [-0.3, -0.25) is 0 Å². The van der Waals surface area contributed by atoms with Crippen molar-refractivity contribution in [3.63, 3.8) is 0 Å². The van der Waals surface area contributed by atoms with E-state index in [1.165, 1.54) is 7.11 Å². The summed E-state index contributed by atoms with van der Waals surface area (Å²) in [7, 11) is 1.47. The zero-order valence-corrected chi connectivity index (χ0v) is 14.6. The number of allylic oxidation sites excluding steroid dienone is 1. The lowest BCUT2D eigenvalue weighted by Crippen LogP contribution is -2.18. The second-order valence-electron chi connectivity index (χ2n) is 6.62. The van der Waals surface area contributed by atoms with Crippen LogP contribution in [0.3, 0.4) is 0 Å². The fourth-order valence-corrected chi connectivity index (χ4v) is 3.19. The van der Waals surface area contributed by atoms with Crippen molar-refractivity contribution in [2.24, 2.45) is 0 Å². The summed E-state index contributed by atoms with van der Waals surface area (Å²) < 4.78 is 5.18. The first kappa shape index (κ1) is 18.4. The van der Waals surface area contributed by atoms with Crippen LogP contribution in [0.2, 0.25) is 0 Å². The molecule has 0 radical (unpaired) electrons. The molecule has 1 atom stereocenters. The van der Waals surface area contributed by atoms with E-state index in [0.29, 0.717) is 28.9 Å². The lowest BCUT2D eigenvalue weighted by atomic mass is 9.78. The van der Waals surface area contributed by atoms with Crippen molar-refractivity contribution in [3.05, 3.63) is 28.3 Å². The minimum atomic E-state index is -0.484. The number of benzene rings is 1. The van der Waals surface area contributed by atoms with Gasteiger partial charge in [0.1, 0.15) is 5.75 Å². The lowest BCUT2D eigenvalue weighted by molar-refractivity contribution is 0.195. The van der Waals surface area contributed by atoms with Gasteiger partial charge in [0, 0.05) is 22.1 Å². The molecule has 0 aliphatic heterocycles. The van der Waals surface area contributed by atoms with Crippen LogP contribution in [0.15, 0.2) is 11.6 Å². The Morgan fingerprint density at radius 2 is 1.73 bits per heavy atom. The summed E-state index contributed by atoms with van der Waals surface area (Å²) in [6.45, 7) is 11.1. The summed E-state index contributed by atoms with van der Waals surface area (Å²) in [5.41, 5.74) is 2.35. The van der Waals surface area contributed by atoms with E-state index in [0.717, 1.165) is 5.57 Å². The zero-order chi connectivity index (χ0) is 17.2. The van der Waals surface area contributed by atoms with E-state index in [1.807, 2.05) is 26.8 Å². The molecule has 0 saturated carbocycles. The number of aliphatic hydroxyl groups excluding tert-OH is 1. The van der Waals surface area contributed by atoms with Crippen molar-refractivity contribution in [1.29, 1.82) is 0 Å². The molecule has 0 amide bonds. The highest BCUT2D eigenvalue weighted by atomic mass is 16.5. The highest BCUT2D eigenvalue weighted by Gasteiger charge is 2.29. The Kier molecular flexibility index (Phi) is 5.52. The molecule has 0 aliphatic rings. The predicted molar refractivity (Wildman–Crippen MR) is 88.9 cm³/mol. The number of rotatable bonds is 5. The third kappa shape index (κ3) is 3.55. The summed E-state index contributed by atoms with van der Waals surface area (Å²) in [5.74, 6) is 0.500. The Bertz CT molecular complexity index is 554. The lowest BCUT2D eigenvalue weighted by Gasteiger charge is -2.28. The fraction of sp³-hybridized carbons (Fsp3) is 0.556. The third-order valence-electron chi connectivity index (χ3n) is 3.95. The van der Waals surface area contributed by atoms with Gasteiger partial charge in [0.05, 0.1) is 13.2 Å². The number of hydrogen-bond donors (Lipinski definition) is 3. The summed E-state index contributed by atoms with van der Waals surface area (Å²) in [5, 5.41) is 30.4. The maximum Gasteiger partial charge on any atom is 0.167 e. The highest BCUT2D eigenvalue weighted by molar-refractivity contribution is 5.63.